The lowest BCUT2D eigenvalue weighted by molar-refractivity contribution is -0.134. The van der Waals surface area contributed by atoms with Crippen LogP contribution in [0.2, 0.25) is 5.02 Å². The Morgan fingerprint density at radius 1 is 1.13 bits per heavy atom. The standard InChI is InChI=1S/C18H14ClNO3/c19-14-6-1-12(2-7-14)3-10-16(21)13-4-8-15(9-5-13)23-18-11-17(22)20-18/h1-10,18H,11H2,(H,20,22). The van der Waals surface area contributed by atoms with Crippen LogP contribution in [0.25, 0.3) is 6.08 Å². The normalized spacial score (nSPS) is 16.7. The monoisotopic (exact) mass is 327 g/mol. The van der Waals surface area contributed by atoms with E-state index >= 15 is 0 Å². The summed E-state index contributed by atoms with van der Waals surface area (Å²) >= 11 is 5.82. The van der Waals surface area contributed by atoms with Crippen LogP contribution < -0.4 is 10.1 Å². The highest BCUT2D eigenvalue weighted by atomic mass is 35.5. The highest BCUT2D eigenvalue weighted by Gasteiger charge is 2.26. The van der Waals surface area contributed by atoms with E-state index in [0.29, 0.717) is 22.8 Å². The summed E-state index contributed by atoms with van der Waals surface area (Å²) in [7, 11) is 0. The topological polar surface area (TPSA) is 55.4 Å². The van der Waals surface area contributed by atoms with E-state index in [0.717, 1.165) is 5.56 Å². The summed E-state index contributed by atoms with van der Waals surface area (Å²) in [6.45, 7) is 0. The Kier molecular flexibility index (Phi) is 4.44. The maximum atomic E-state index is 12.1. The number of ketones is 1. The largest absolute Gasteiger partial charge is 0.470 e. The number of hydrogen-bond donors (Lipinski definition) is 1. The second-order valence-corrected chi connectivity index (χ2v) is 5.59. The molecule has 0 bridgehead atoms. The molecule has 3 rings (SSSR count). The van der Waals surface area contributed by atoms with E-state index in [9.17, 15) is 9.59 Å². The summed E-state index contributed by atoms with van der Waals surface area (Å²) < 4.78 is 5.52. The summed E-state index contributed by atoms with van der Waals surface area (Å²) in [5, 5.41) is 3.28. The van der Waals surface area contributed by atoms with Crippen LogP contribution in [0.4, 0.5) is 0 Å². The zero-order valence-electron chi connectivity index (χ0n) is 12.2. The minimum atomic E-state index is -0.270. The molecule has 116 valence electrons. The third-order valence-corrected chi connectivity index (χ3v) is 3.66. The highest BCUT2D eigenvalue weighted by Crippen LogP contribution is 2.18. The van der Waals surface area contributed by atoms with Gasteiger partial charge in [-0.25, -0.2) is 0 Å². The predicted molar refractivity (Wildman–Crippen MR) is 88.4 cm³/mol. The molecule has 1 fully saturated rings. The van der Waals surface area contributed by atoms with Gasteiger partial charge < -0.3 is 10.1 Å². The quantitative estimate of drug-likeness (QED) is 0.520. The molecule has 0 aromatic heterocycles. The number of ether oxygens (including phenoxy) is 1. The molecule has 2 aromatic carbocycles. The van der Waals surface area contributed by atoms with E-state index in [1.54, 1.807) is 42.5 Å². The van der Waals surface area contributed by atoms with Gasteiger partial charge in [0.25, 0.3) is 0 Å². The average molecular weight is 328 g/mol. The van der Waals surface area contributed by atoms with Crippen molar-refractivity contribution in [2.24, 2.45) is 0 Å². The maximum absolute atomic E-state index is 12.1. The first-order valence-electron chi connectivity index (χ1n) is 7.14. The van der Waals surface area contributed by atoms with Gasteiger partial charge in [0.1, 0.15) is 5.75 Å². The zero-order valence-corrected chi connectivity index (χ0v) is 12.9. The number of amides is 1. The molecule has 5 heteroatoms. The molecule has 0 aliphatic carbocycles. The van der Waals surface area contributed by atoms with Crippen molar-refractivity contribution in [1.29, 1.82) is 0 Å². The lowest BCUT2D eigenvalue weighted by Gasteiger charge is -2.27. The molecular weight excluding hydrogens is 314 g/mol. The van der Waals surface area contributed by atoms with Crippen molar-refractivity contribution in [2.75, 3.05) is 0 Å². The lowest BCUT2D eigenvalue weighted by Crippen LogP contribution is -2.51. The van der Waals surface area contributed by atoms with Crippen molar-refractivity contribution in [1.82, 2.24) is 5.32 Å². The molecule has 4 nitrogen and oxygen atoms in total. The molecule has 1 N–H and O–H groups in total. The molecule has 1 amide bonds. The second kappa shape index (κ2) is 6.67. The van der Waals surface area contributed by atoms with Gasteiger partial charge in [-0.05, 0) is 48.0 Å². The third-order valence-electron chi connectivity index (χ3n) is 3.41. The first-order valence-corrected chi connectivity index (χ1v) is 7.52. The Labute approximate surface area is 138 Å². The molecule has 1 atom stereocenters. The fourth-order valence-corrected chi connectivity index (χ4v) is 2.23. The number of nitrogens with one attached hydrogen (secondary N) is 1. The number of allylic oxidation sites excluding steroid dienone is 1. The van der Waals surface area contributed by atoms with E-state index in [1.807, 2.05) is 12.1 Å². The number of halogens is 1. The second-order valence-electron chi connectivity index (χ2n) is 5.15. The van der Waals surface area contributed by atoms with Gasteiger partial charge in [-0.3, -0.25) is 9.59 Å². The predicted octanol–water partition coefficient (Wildman–Crippen LogP) is 3.46. The molecule has 1 heterocycles. The zero-order chi connectivity index (χ0) is 16.2. The van der Waals surface area contributed by atoms with Crippen molar-refractivity contribution < 1.29 is 14.3 Å². The fourth-order valence-electron chi connectivity index (χ4n) is 2.10. The van der Waals surface area contributed by atoms with Crippen LogP contribution in [0.15, 0.2) is 54.6 Å². The van der Waals surface area contributed by atoms with E-state index < -0.39 is 0 Å². The number of carbonyl (C=O) groups excluding carboxylic acids is 2. The van der Waals surface area contributed by atoms with Crippen molar-refractivity contribution in [3.05, 3.63) is 70.8 Å². The smallest absolute Gasteiger partial charge is 0.228 e. The number of rotatable bonds is 5. The maximum Gasteiger partial charge on any atom is 0.228 e. The van der Waals surface area contributed by atoms with Gasteiger partial charge in [-0.2, -0.15) is 0 Å². The molecule has 1 saturated heterocycles. The summed E-state index contributed by atoms with van der Waals surface area (Å²) in [6.07, 6.45) is 3.36. The third kappa shape index (κ3) is 3.99. The Morgan fingerprint density at radius 3 is 2.39 bits per heavy atom. The van der Waals surface area contributed by atoms with E-state index in [1.165, 1.54) is 6.08 Å². The molecule has 0 spiro atoms. The first-order chi connectivity index (χ1) is 11.1. The fraction of sp³-hybridized carbons (Fsp3) is 0.111. The lowest BCUT2D eigenvalue weighted by atomic mass is 10.1. The van der Waals surface area contributed by atoms with Gasteiger partial charge in [0, 0.05) is 10.6 Å². The van der Waals surface area contributed by atoms with Crippen LogP contribution in [-0.4, -0.2) is 17.9 Å². The van der Waals surface area contributed by atoms with E-state index in [2.05, 4.69) is 5.32 Å². The van der Waals surface area contributed by atoms with Gasteiger partial charge in [-0.1, -0.05) is 29.8 Å². The van der Waals surface area contributed by atoms with E-state index in [-0.39, 0.29) is 17.9 Å². The van der Waals surface area contributed by atoms with Gasteiger partial charge >= 0.3 is 0 Å². The molecule has 0 saturated carbocycles. The van der Waals surface area contributed by atoms with Crippen molar-refractivity contribution in [2.45, 2.75) is 12.6 Å². The van der Waals surface area contributed by atoms with Crippen LogP contribution in [0.3, 0.4) is 0 Å². The van der Waals surface area contributed by atoms with Gasteiger partial charge in [0.05, 0.1) is 6.42 Å². The number of hydrogen-bond acceptors (Lipinski definition) is 3. The molecular formula is C18H14ClNO3. The molecule has 1 aliphatic rings. The minimum absolute atomic E-state index is 0.0193. The average Bonchev–Trinajstić information content (AvgIpc) is 2.53. The Bertz CT molecular complexity index is 743. The van der Waals surface area contributed by atoms with Crippen LogP contribution >= 0.6 is 11.6 Å². The Balaban J connectivity index is 1.60. The number of β-lactam (4-membered cyclic amide) rings is 1. The number of carbonyl (C=O) groups is 2. The van der Waals surface area contributed by atoms with Gasteiger partial charge in [0.2, 0.25) is 5.91 Å². The van der Waals surface area contributed by atoms with Gasteiger partial charge in [0.15, 0.2) is 12.0 Å². The SMILES string of the molecule is O=C1CC(Oc2ccc(C(=O)C=Cc3ccc(Cl)cc3)cc2)N1. The van der Waals surface area contributed by atoms with Crippen LogP contribution in [0, 0.1) is 0 Å². The van der Waals surface area contributed by atoms with Gasteiger partial charge in [-0.15, -0.1) is 0 Å². The number of benzene rings is 2. The van der Waals surface area contributed by atoms with Crippen LogP contribution in [0.5, 0.6) is 5.75 Å². The van der Waals surface area contributed by atoms with E-state index in [4.69, 9.17) is 16.3 Å². The molecule has 1 unspecified atom stereocenters. The molecule has 23 heavy (non-hydrogen) atoms. The first kappa shape index (κ1) is 15.3. The van der Waals surface area contributed by atoms with Crippen molar-refractivity contribution in [3.63, 3.8) is 0 Å². The molecule has 0 radical (unpaired) electrons. The van der Waals surface area contributed by atoms with Crippen molar-refractivity contribution >= 4 is 29.4 Å². The van der Waals surface area contributed by atoms with Crippen LogP contribution in [-0.2, 0) is 4.79 Å². The minimum Gasteiger partial charge on any atom is -0.470 e. The summed E-state index contributed by atoms with van der Waals surface area (Å²) in [4.78, 5) is 22.9. The highest BCUT2D eigenvalue weighted by molar-refractivity contribution is 6.30. The van der Waals surface area contributed by atoms with Crippen LogP contribution in [0.1, 0.15) is 22.3 Å². The Morgan fingerprint density at radius 2 is 1.78 bits per heavy atom. The Hall–Kier alpha value is -2.59. The summed E-state index contributed by atoms with van der Waals surface area (Å²) in [5.74, 6) is 0.505. The van der Waals surface area contributed by atoms with Crippen molar-refractivity contribution in [3.8, 4) is 5.75 Å². The summed E-state index contributed by atoms with van der Waals surface area (Å²) in [6, 6.07) is 14.1. The molecule has 2 aromatic rings. The molecule has 1 aliphatic heterocycles. The summed E-state index contributed by atoms with van der Waals surface area (Å²) in [5.41, 5.74) is 1.48.